The summed E-state index contributed by atoms with van der Waals surface area (Å²) in [6.45, 7) is 3.18. The van der Waals surface area contributed by atoms with Gasteiger partial charge in [-0.15, -0.1) is 0 Å². The molecule has 3 atom stereocenters. The van der Waals surface area contributed by atoms with Crippen LogP contribution in [0.25, 0.3) is 0 Å². The molecule has 11 heavy (non-hydrogen) atoms. The van der Waals surface area contributed by atoms with Gasteiger partial charge in [-0.25, -0.2) is 0 Å². The van der Waals surface area contributed by atoms with Gasteiger partial charge in [0.05, 0.1) is 0 Å². The third-order valence-corrected chi connectivity index (χ3v) is 1.78. The van der Waals surface area contributed by atoms with Crippen molar-refractivity contribution >= 4 is 11.8 Å². The van der Waals surface area contributed by atoms with Crippen molar-refractivity contribution in [3.8, 4) is 0 Å². The van der Waals surface area contributed by atoms with E-state index in [1.54, 1.807) is 13.8 Å². The standard InChI is InChI=1S/C7H11NO3/c1-3(8)5-6(9)4(2)11-7(5)10/h3-5H,8H2,1-2H3. The number of nitrogens with two attached hydrogens (primary N) is 1. The molecule has 4 nitrogen and oxygen atoms in total. The van der Waals surface area contributed by atoms with Gasteiger partial charge in [-0.3, -0.25) is 9.59 Å². The maximum atomic E-state index is 11.1. The Kier molecular flexibility index (Phi) is 1.95. The fraction of sp³-hybridized carbons (Fsp3) is 0.714. The van der Waals surface area contributed by atoms with Crippen LogP contribution in [0.3, 0.4) is 0 Å². The molecule has 1 aliphatic heterocycles. The van der Waals surface area contributed by atoms with Gasteiger partial charge in [0.1, 0.15) is 5.92 Å². The lowest BCUT2D eigenvalue weighted by atomic mass is 9.97. The van der Waals surface area contributed by atoms with E-state index in [0.29, 0.717) is 0 Å². The summed E-state index contributed by atoms with van der Waals surface area (Å²) < 4.78 is 4.68. The topological polar surface area (TPSA) is 69.4 Å². The molecule has 1 saturated heterocycles. The first-order valence-electron chi connectivity index (χ1n) is 3.54. The SMILES string of the molecule is CC1OC(=O)C(C(C)N)C1=O. The number of carbonyl (C=O) groups excluding carboxylic acids is 2. The highest BCUT2D eigenvalue weighted by Crippen LogP contribution is 2.18. The summed E-state index contributed by atoms with van der Waals surface area (Å²) in [4.78, 5) is 22.0. The van der Waals surface area contributed by atoms with Crippen LogP contribution in [0.15, 0.2) is 0 Å². The van der Waals surface area contributed by atoms with E-state index < -0.39 is 24.0 Å². The van der Waals surface area contributed by atoms with Crippen LogP contribution in [0.5, 0.6) is 0 Å². The van der Waals surface area contributed by atoms with Gasteiger partial charge in [0.15, 0.2) is 11.9 Å². The van der Waals surface area contributed by atoms with Crippen LogP contribution in [0.4, 0.5) is 0 Å². The van der Waals surface area contributed by atoms with Crippen LogP contribution in [0, 0.1) is 5.92 Å². The Morgan fingerprint density at radius 3 is 2.27 bits per heavy atom. The number of hydrogen-bond donors (Lipinski definition) is 1. The Hall–Kier alpha value is -0.900. The number of ether oxygens (including phenoxy) is 1. The monoisotopic (exact) mass is 157 g/mol. The lowest BCUT2D eigenvalue weighted by Gasteiger charge is -2.06. The van der Waals surface area contributed by atoms with Gasteiger partial charge in [0.2, 0.25) is 0 Å². The first-order chi connectivity index (χ1) is 5.04. The van der Waals surface area contributed by atoms with Gasteiger partial charge in [-0.05, 0) is 13.8 Å². The minimum Gasteiger partial charge on any atom is -0.454 e. The molecule has 0 bridgehead atoms. The van der Waals surface area contributed by atoms with Gasteiger partial charge in [0, 0.05) is 6.04 Å². The molecule has 0 aromatic carbocycles. The quantitative estimate of drug-likeness (QED) is 0.410. The third kappa shape index (κ3) is 1.26. The van der Waals surface area contributed by atoms with Crippen LogP contribution < -0.4 is 5.73 Å². The Morgan fingerprint density at radius 2 is 2.09 bits per heavy atom. The number of carbonyl (C=O) groups is 2. The predicted molar refractivity (Wildman–Crippen MR) is 37.7 cm³/mol. The first-order valence-corrected chi connectivity index (χ1v) is 3.54. The first kappa shape index (κ1) is 8.20. The summed E-state index contributed by atoms with van der Waals surface area (Å²) in [5.74, 6) is -1.44. The van der Waals surface area contributed by atoms with Crippen molar-refractivity contribution in [1.82, 2.24) is 0 Å². The minimum absolute atomic E-state index is 0.204. The summed E-state index contributed by atoms with van der Waals surface area (Å²) in [5.41, 5.74) is 5.42. The molecule has 0 saturated carbocycles. The summed E-state index contributed by atoms with van der Waals surface area (Å²) in [7, 11) is 0. The Bertz CT molecular complexity index is 200. The zero-order chi connectivity index (χ0) is 8.59. The van der Waals surface area contributed by atoms with Crippen molar-refractivity contribution in [3.63, 3.8) is 0 Å². The van der Waals surface area contributed by atoms with Gasteiger partial charge in [0.25, 0.3) is 0 Å². The molecule has 0 spiro atoms. The zero-order valence-electron chi connectivity index (χ0n) is 6.53. The van der Waals surface area contributed by atoms with E-state index in [1.165, 1.54) is 0 Å². The third-order valence-electron chi connectivity index (χ3n) is 1.78. The Labute approximate surface area is 64.7 Å². The number of hydrogen-bond acceptors (Lipinski definition) is 4. The fourth-order valence-corrected chi connectivity index (χ4v) is 1.15. The molecule has 0 radical (unpaired) electrons. The Morgan fingerprint density at radius 1 is 1.55 bits per heavy atom. The number of ketones is 1. The van der Waals surface area contributed by atoms with Crippen LogP contribution in [0.2, 0.25) is 0 Å². The molecule has 0 aliphatic carbocycles. The summed E-state index contributed by atoms with van der Waals surface area (Å²) in [5, 5.41) is 0. The maximum absolute atomic E-state index is 11.1. The van der Waals surface area contributed by atoms with Crippen LogP contribution in [-0.4, -0.2) is 23.9 Å². The second-order valence-electron chi connectivity index (χ2n) is 2.82. The molecular weight excluding hydrogens is 146 g/mol. The molecule has 3 unspecified atom stereocenters. The van der Waals surface area contributed by atoms with Gasteiger partial charge in [-0.2, -0.15) is 0 Å². The lowest BCUT2D eigenvalue weighted by Crippen LogP contribution is -2.35. The van der Waals surface area contributed by atoms with Crippen molar-refractivity contribution in [1.29, 1.82) is 0 Å². The molecule has 0 aromatic heterocycles. The normalized spacial score (nSPS) is 33.7. The summed E-state index contributed by atoms with van der Waals surface area (Å²) in [6, 6.07) is -0.444. The summed E-state index contributed by atoms with van der Waals surface area (Å²) in [6.07, 6.45) is -0.613. The lowest BCUT2D eigenvalue weighted by molar-refractivity contribution is -0.144. The number of rotatable bonds is 1. The molecule has 1 rings (SSSR count). The Balaban J connectivity index is 2.80. The predicted octanol–water partition coefficient (Wildman–Crippen LogP) is -0.536. The van der Waals surface area contributed by atoms with Crippen LogP contribution >= 0.6 is 0 Å². The maximum Gasteiger partial charge on any atom is 0.318 e. The van der Waals surface area contributed by atoms with E-state index >= 15 is 0 Å². The highest BCUT2D eigenvalue weighted by Gasteiger charge is 2.42. The molecule has 0 amide bonds. The smallest absolute Gasteiger partial charge is 0.318 e. The van der Waals surface area contributed by atoms with Gasteiger partial charge in [-0.1, -0.05) is 0 Å². The highest BCUT2D eigenvalue weighted by atomic mass is 16.6. The summed E-state index contributed by atoms with van der Waals surface area (Å²) >= 11 is 0. The molecular formula is C7H11NO3. The minimum atomic E-state index is -0.745. The number of Topliss-reactive ketones (excluding diaryl/α,β-unsaturated/α-hetero) is 1. The highest BCUT2D eigenvalue weighted by molar-refractivity contribution is 6.06. The second kappa shape index (κ2) is 2.62. The largest absolute Gasteiger partial charge is 0.454 e. The fourth-order valence-electron chi connectivity index (χ4n) is 1.15. The van der Waals surface area contributed by atoms with E-state index in [2.05, 4.69) is 4.74 Å². The van der Waals surface area contributed by atoms with Crippen molar-refractivity contribution < 1.29 is 14.3 Å². The molecule has 62 valence electrons. The second-order valence-corrected chi connectivity index (χ2v) is 2.82. The van der Waals surface area contributed by atoms with Crippen molar-refractivity contribution in [2.24, 2.45) is 11.7 Å². The zero-order valence-corrected chi connectivity index (χ0v) is 6.53. The van der Waals surface area contributed by atoms with E-state index in [-0.39, 0.29) is 5.78 Å². The van der Waals surface area contributed by atoms with Crippen molar-refractivity contribution in [2.45, 2.75) is 26.0 Å². The van der Waals surface area contributed by atoms with E-state index in [1.807, 2.05) is 0 Å². The van der Waals surface area contributed by atoms with Crippen LogP contribution in [0.1, 0.15) is 13.8 Å². The van der Waals surface area contributed by atoms with Crippen molar-refractivity contribution in [2.75, 3.05) is 0 Å². The van der Waals surface area contributed by atoms with E-state index in [9.17, 15) is 9.59 Å². The average Bonchev–Trinajstić information content (AvgIpc) is 2.07. The van der Waals surface area contributed by atoms with Gasteiger partial charge >= 0.3 is 5.97 Å². The van der Waals surface area contributed by atoms with Crippen molar-refractivity contribution in [3.05, 3.63) is 0 Å². The van der Waals surface area contributed by atoms with Crippen LogP contribution in [-0.2, 0) is 14.3 Å². The number of cyclic esters (lactones) is 1. The van der Waals surface area contributed by atoms with Gasteiger partial charge < -0.3 is 10.5 Å². The molecule has 4 heteroatoms. The molecule has 1 fully saturated rings. The van der Waals surface area contributed by atoms with E-state index in [0.717, 1.165) is 0 Å². The molecule has 2 N–H and O–H groups in total. The molecule has 1 aliphatic rings. The van der Waals surface area contributed by atoms with E-state index in [4.69, 9.17) is 5.73 Å². The number of esters is 1. The molecule has 0 aromatic rings. The average molecular weight is 157 g/mol. The molecule has 1 heterocycles.